The molecule has 2 fully saturated rings. The molecule has 0 radical (unpaired) electrons. The predicted molar refractivity (Wildman–Crippen MR) is 77.5 cm³/mol. The second kappa shape index (κ2) is 8.90. The van der Waals surface area contributed by atoms with Crippen molar-refractivity contribution >= 4 is 0 Å². The lowest BCUT2D eigenvalue weighted by molar-refractivity contribution is 0.0338. The van der Waals surface area contributed by atoms with Gasteiger partial charge in [-0.25, -0.2) is 0 Å². The van der Waals surface area contributed by atoms with Crippen LogP contribution in [-0.4, -0.2) is 63.0 Å². The number of hydrogen-bond acceptors (Lipinski definition) is 4. The van der Waals surface area contributed by atoms with E-state index >= 15 is 0 Å². The number of nitrogens with zero attached hydrogens (tertiary/aromatic N) is 1. The number of morpholine rings is 1. The first-order valence-electron chi connectivity index (χ1n) is 7.99. The molecule has 0 amide bonds. The van der Waals surface area contributed by atoms with Crippen LogP contribution in [0.15, 0.2) is 0 Å². The molecule has 1 aliphatic carbocycles. The lowest BCUT2D eigenvalue weighted by Gasteiger charge is -2.29. The highest BCUT2D eigenvalue weighted by atomic mass is 16.5. The van der Waals surface area contributed by atoms with Gasteiger partial charge in [-0.3, -0.25) is 4.90 Å². The Morgan fingerprint density at radius 2 is 2.00 bits per heavy atom. The van der Waals surface area contributed by atoms with Gasteiger partial charge in [0, 0.05) is 32.3 Å². The number of ether oxygens (including phenoxy) is 2. The van der Waals surface area contributed by atoms with E-state index < -0.39 is 0 Å². The Morgan fingerprint density at radius 3 is 2.74 bits per heavy atom. The number of nitrogens with one attached hydrogen (secondary N) is 1. The van der Waals surface area contributed by atoms with E-state index in [1.807, 2.05) is 0 Å². The fourth-order valence-corrected chi connectivity index (χ4v) is 2.96. The quantitative estimate of drug-likeness (QED) is 0.680. The van der Waals surface area contributed by atoms with Crippen LogP contribution in [0.25, 0.3) is 0 Å². The Bertz CT molecular complexity index is 226. The molecule has 19 heavy (non-hydrogen) atoms. The summed E-state index contributed by atoms with van der Waals surface area (Å²) in [6, 6.07) is 0.560. The Morgan fingerprint density at radius 1 is 1.26 bits per heavy atom. The van der Waals surface area contributed by atoms with Crippen LogP contribution in [0.1, 0.15) is 39.0 Å². The van der Waals surface area contributed by atoms with Crippen molar-refractivity contribution in [3.05, 3.63) is 0 Å². The van der Waals surface area contributed by atoms with Gasteiger partial charge in [0.1, 0.15) is 0 Å². The van der Waals surface area contributed by atoms with Gasteiger partial charge in [-0.05, 0) is 32.7 Å². The van der Waals surface area contributed by atoms with Crippen LogP contribution in [0.5, 0.6) is 0 Å². The Balaban J connectivity index is 1.43. The van der Waals surface area contributed by atoms with E-state index in [1.54, 1.807) is 0 Å². The molecule has 0 aromatic carbocycles. The Kier molecular flexibility index (Phi) is 7.14. The molecule has 0 aromatic rings. The molecule has 1 N–H and O–H groups in total. The molecule has 0 spiro atoms. The average molecular weight is 270 g/mol. The second-order valence-electron chi connectivity index (χ2n) is 5.90. The fraction of sp³-hybridized carbons (Fsp3) is 1.00. The van der Waals surface area contributed by atoms with Crippen molar-refractivity contribution < 1.29 is 9.47 Å². The summed E-state index contributed by atoms with van der Waals surface area (Å²) in [6.45, 7) is 9.33. The molecule has 1 aliphatic heterocycles. The Labute approximate surface area is 117 Å². The van der Waals surface area contributed by atoms with Gasteiger partial charge in [0.2, 0.25) is 0 Å². The first kappa shape index (κ1) is 15.2. The summed E-state index contributed by atoms with van der Waals surface area (Å²) in [6.07, 6.45) is 6.97. The minimum absolute atomic E-state index is 0.560. The summed E-state index contributed by atoms with van der Waals surface area (Å²) in [5.41, 5.74) is 0. The van der Waals surface area contributed by atoms with Crippen molar-refractivity contribution in [3.63, 3.8) is 0 Å². The highest BCUT2D eigenvalue weighted by Gasteiger charge is 2.15. The summed E-state index contributed by atoms with van der Waals surface area (Å²) in [7, 11) is 0. The van der Waals surface area contributed by atoms with Gasteiger partial charge in [0.25, 0.3) is 0 Å². The SMILES string of the molecule is C[C@@H](CN1CCOCC1)NCCCOC1CCCC1. The van der Waals surface area contributed by atoms with E-state index in [9.17, 15) is 0 Å². The summed E-state index contributed by atoms with van der Waals surface area (Å²) >= 11 is 0. The lowest BCUT2D eigenvalue weighted by Crippen LogP contribution is -2.44. The van der Waals surface area contributed by atoms with Gasteiger partial charge < -0.3 is 14.8 Å². The lowest BCUT2D eigenvalue weighted by atomic mass is 10.2. The first-order valence-corrected chi connectivity index (χ1v) is 7.99. The topological polar surface area (TPSA) is 33.7 Å². The van der Waals surface area contributed by atoms with Crippen molar-refractivity contribution in [1.29, 1.82) is 0 Å². The van der Waals surface area contributed by atoms with Crippen LogP contribution >= 0.6 is 0 Å². The maximum atomic E-state index is 5.87. The third-order valence-corrected chi connectivity index (χ3v) is 4.11. The van der Waals surface area contributed by atoms with Gasteiger partial charge in [-0.1, -0.05) is 12.8 Å². The molecule has 1 heterocycles. The van der Waals surface area contributed by atoms with E-state index in [0.29, 0.717) is 12.1 Å². The van der Waals surface area contributed by atoms with Gasteiger partial charge in [-0.2, -0.15) is 0 Å². The van der Waals surface area contributed by atoms with Gasteiger partial charge in [-0.15, -0.1) is 0 Å². The van der Waals surface area contributed by atoms with E-state index in [4.69, 9.17) is 9.47 Å². The van der Waals surface area contributed by atoms with Gasteiger partial charge >= 0.3 is 0 Å². The molecular weight excluding hydrogens is 240 g/mol. The van der Waals surface area contributed by atoms with Crippen molar-refractivity contribution in [2.24, 2.45) is 0 Å². The first-order chi connectivity index (χ1) is 9.34. The zero-order chi connectivity index (χ0) is 13.3. The van der Waals surface area contributed by atoms with Crippen LogP contribution < -0.4 is 5.32 Å². The highest BCUT2D eigenvalue weighted by Crippen LogP contribution is 2.20. The minimum atomic E-state index is 0.560. The molecular formula is C15H30N2O2. The Hall–Kier alpha value is -0.160. The van der Waals surface area contributed by atoms with Crippen molar-refractivity contribution in [3.8, 4) is 0 Å². The van der Waals surface area contributed by atoms with Crippen LogP contribution in [0.2, 0.25) is 0 Å². The van der Waals surface area contributed by atoms with Crippen molar-refractivity contribution in [2.75, 3.05) is 46.0 Å². The molecule has 1 saturated heterocycles. The molecule has 4 heteroatoms. The van der Waals surface area contributed by atoms with E-state index in [0.717, 1.165) is 52.4 Å². The second-order valence-corrected chi connectivity index (χ2v) is 5.90. The molecule has 1 saturated carbocycles. The monoisotopic (exact) mass is 270 g/mol. The fourth-order valence-electron chi connectivity index (χ4n) is 2.96. The minimum Gasteiger partial charge on any atom is -0.379 e. The normalized spacial score (nSPS) is 23.8. The van der Waals surface area contributed by atoms with Gasteiger partial charge in [0.15, 0.2) is 0 Å². The van der Waals surface area contributed by atoms with Gasteiger partial charge in [0.05, 0.1) is 19.3 Å². The van der Waals surface area contributed by atoms with Crippen molar-refractivity contribution in [1.82, 2.24) is 10.2 Å². The summed E-state index contributed by atoms with van der Waals surface area (Å²) in [4.78, 5) is 2.48. The summed E-state index contributed by atoms with van der Waals surface area (Å²) in [5, 5.41) is 3.59. The molecule has 112 valence electrons. The molecule has 0 unspecified atom stereocenters. The zero-order valence-electron chi connectivity index (χ0n) is 12.4. The average Bonchev–Trinajstić information content (AvgIpc) is 2.92. The molecule has 2 rings (SSSR count). The number of hydrogen-bond donors (Lipinski definition) is 1. The summed E-state index contributed by atoms with van der Waals surface area (Å²) < 4.78 is 11.2. The smallest absolute Gasteiger partial charge is 0.0594 e. The highest BCUT2D eigenvalue weighted by molar-refractivity contribution is 4.70. The van der Waals surface area contributed by atoms with E-state index in [-0.39, 0.29) is 0 Å². The van der Waals surface area contributed by atoms with Crippen LogP contribution in [0.3, 0.4) is 0 Å². The molecule has 1 atom stereocenters. The summed E-state index contributed by atoms with van der Waals surface area (Å²) in [5.74, 6) is 0. The molecule has 2 aliphatic rings. The van der Waals surface area contributed by atoms with Crippen LogP contribution in [-0.2, 0) is 9.47 Å². The van der Waals surface area contributed by atoms with Crippen LogP contribution in [0, 0.1) is 0 Å². The standard InChI is InChI=1S/C15H30N2O2/c1-14(13-17-8-11-18-12-9-17)16-7-4-10-19-15-5-2-3-6-15/h14-16H,2-13H2,1H3/t14-/m0/s1. The zero-order valence-corrected chi connectivity index (χ0v) is 12.4. The third-order valence-electron chi connectivity index (χ3n) is 4.11. The predicted octanol–water partition coefficient (Wildman–Crippen LogP) is 1.65. The largest absolute Gasteiger partial charge is 0.379 e. The third kappa shape index (κ3) is 6.21. The molecule has 0 bridgehead atoms. The molecule has 0 aromatic heterocycles. The van der Waals surface area contributed by atoms with E-state index in [2.05, 4.69) is 17.1 Å². The van der Waals surface area contributed by atoms with Crippen molar-refractivity contribution in [2.45, 2.75) is 51.2 Å². The maximum Gasteiger partial charge on any atom is 0.0594 e. The van der Waals surface area contributed by atoms with Crippen LogP contribution in [0.4, 0.5) is 0 Å². The van der Waals surface area contributed by atoms with E-state index in [1.165, 1.54) is 25.7 Å². The maximum absolute atomic E-state index is 5.87. The molecule has 4 nitrogen and oxygen atoms in total. The number of rotatable bonds is 8.